The molecule has 3 aromatic rings. The molecule has 130 valence electrons. The Hall–Kier alpha value is -2.18. The van der Waals surface area contributed by atoms with Crippen molar-refractivity contribution in [2.45, 2.75) is 34.1 Å². The van der Waals surface area contributed by atoms with Crippen molar-refractivity contribution in [2.75, 3.05) is 5.32 Å². The van der Waals surface area contributed by atoms with Crippen LogP contribution in [-0.4, -0.2) is 20.7 Å². The van der Waals surface area contributed by atoms with Gasteiger partial charge < -0.3 is 5.32 Å². The first-order valence-electron chi connectivity index (χ1n) is 7.89. The van der Waals surface area contributed by atoms with Gasteiger partial charge in [-0.1, -0.05) is 17.7 Å². The van der Waals surface area contributed by atoms with Gasteiger partial charge in [0.05, 0.1) is 17.8 Å². The molecule has 0 aliphatic rings. The summed E-state index contributed by atoms with van der Waals surface area (Å²) in [6.45, 7) is 7.79. The van der Waals surface area contributed by atoms with E-state index < -0.39 is 0 Å². The third-order valence-electron chi connectivity index (χ3n) is 4.05. The maximum atomic E-state index is 12.3. The monoisotopic (exact) mass is 374 g/mol. The molecule has 3 rings (SSSR count). The number of hydrogen-bond acceptors (Lipinski definition) is 4. The van der Waals surface area contributed by atoms with E-state index in [0.29, 0.717) is 10.2 Å². The van der Waals surface area contributed by atoms with Crippen molar-refractivity contribution in [2.24, 2.45) is 0 Å². The maximum Gasteiger partial charge on any atom is 0.230 e. The number of nitrogens with zero attached hydrogens (tertiary/aromatic N) is 3. The first-order chi connectivity index (χ1) is 11.8. The minimum Gasteiger partial charge on any atom is -0.302 e. The van der Waals surface area contributed by atoms with Gasteiger partial charge in [-0.05, 0) is 45.4 Å². The molecule has 0 saturated carbocycles. The predicted octanol–water partition coefficient (Wildman–Crippen LogP) is 4.40. The Morgan fingerprint density at radius 1 is 1.28 bits per heavy atom. The van der Waals surface area contributed by atoms with Gasteiger partial charge >= 0.3 is 0 Å². The Balaban J connectivity index is 1.84. The van der Waals surface area contributed by atoms with E-state index in [1.165, 1.54) is 11.3 Å². The van der Waals surface area contributed by atoms with Crippen LogP contribution in [0.1, 0.15) is 27.4 Å². The zero-order valence-corrected chi connectivity index (χ0v) is 16.1. The predicted molar refractivity (Wildman–Crippen MR) is 102 cm³/mol. The zero-order valence-electron chi connectivity index (χ0n) is 14.6. The van der Waals surface area contributed by atoms with Gasteiger partial charge in [0.1, 0.15) is 0 Å². The topological polar surface area (TPSA) is 59.8 Å². The van der Waals surface area contributed by atoms with E-state index in [2.05, 4.69) is 15.4 Å². The van der Waals surface area contributed by atoms with Crippen molar-refractivity contribution in [3.8, 4) is 5.69 Å². The van der Waals surface area contributed by atoms with Crippen LogP contribution in [0.4, 0.5) is 5.13 Å². The fraction of sp³-hybridized carbons (Fsp3) is 0.278. The SMILES string of the molecule is Cc1cnc(NC(=O)Cc2c(C)nn(-c3ccc(C)c(Cl)c3)c2C)s1. The minimum absolute atomic E-state index is 0.0953. The van der Waals surface area contributed by atoms with Crippen molar-refractivity contribution < 1.29 is 4.79 Å². The number of hydrogen-bond donors (Lipinski definition) is 1. The van der Waals surface area contributed by atoms with E-state index in [9.17, 15) is 4.79 Å². The second-order valence-corrected chi connectivity index (χ2v) is 7.64. The molecule has 0 atom stereocenters. The zero-order chi connectivity index (χ0) is 18.1. The summed E-state index contributed by atoms with van der Waals surface area (Å²) in [6, 6.07) is 5.83. The van der Waals surface area contributed by atoms with Crippen LogP contribution in [0.25, 0.3) is 5.69 Å². The normalized spacial score (nSPS) is 10.9. The summed E-state index contributed by atoms with van der Waals surface area (Å²) in [5.41, 5.74) is 4.59. The molecule has 0 aliphatic heterocycles. The van der Waals surface area contributed by atoms with E-state index in [1.54, 1.807) is 6.20 Å². The number of thiazole rings is 1. The molecule has 2 heterocycles. The van der Waals surface area contributed by atoms with Crippen LogP contribution >= 0.6 is 22.9 Å². The lowest BCUT2D eigenvalue weighted by Crippen LogP contribution is -2.15. The number of anilines is 1. The molecular weight excluding hydrogens is 356 g/mol. The standard InChI is InChI=1S/C18H19ClN4OS/c1-10-5-6-14(7-16(10)19)23-13(4)15(12(3)22-23)8-17(24)21-18-20-9-11(2)25-18/h5-7,9H,8H2,1-4H3,(H,20,21,24). The van der Waals surface area contributed by atoms with Crippen molar-refractivity contribution in [1.29, 1.82) is 0 Å². The highest BCUT2D eigenvalue weighted by Crippen LogP contribution is 2.23. The van der Waals surface area contributed by atoms with Gasteiger partial charge in [-0.2, -0.15) is 5.10 Å². The Kier molecular flexibility index (Phi) is 4.92. The number of nitrogens with one attached hydrogen (secondary N) is 1. The van der Waals surface area contributed by atoms with Crippen LogP contribution in [0.15, 0.2) is 24.4 Å². The summed E-state index contributed by atoms with van der Waals surface area (Å²) in [5, 5.41) is 8.74. The molecule has 0 radical (unpaired) electrons. The number of carbonyl (C=O) groups excluding carboxylic acids is 1. The molecule has 0 fully saturated rings. The number of rotatable bonds is 4. The highest BCUT2D eigenvalue weighted by atomic mass is 35.5. The molecule has 25 heavy (non-hydrogen) atoms. The number of benzene rings is 1. The first kappa shape index (κ1) is 17.6. The van der Waals surface area contributed by atoms with Crippen LogP contribution < -0.4 is 5.32 Å². The molecule has 5 nitrogen and oxygen atoms in total. The molecule has 0 aliphatic carbocycles. The van der Waals surface area contributed by atoms with Gasteiger partial charge in [0.25, 0.3) is 0 Å². The second-order valence-electron chi connectivity index (χ2n) is 6.00. The summed E-state index contributed by atoms with van der Waals surface area (Å²) in [7, 11) is 0. The highest BCUT2D eigenvalue weighted by Gasteiger charge is 2.17. The van der Waals surface area contributed by atoms with Gasteiger partial charge in [0.2, 0.25) is 5.91 Å². The van der Waals surface area contributed by atoms with Gasteiger partial charge in [0.15, 0.2) is 5.13 Å². The third kappa shape index (κ3) is 3.75. The third-order valence-corrected chi connectivity index (χ3v) is 5.28. The van der Waals surface area contributed by atoms with E-state index in [0.717, 1.165) is 33.1 Å². The van der Waals surface area contributed by atoms with Crippen molar-refractivity contribution in [3.63, 3.8) is 0 Å². The number of halogens is 1. The number of aryl methyl sites for hydroxylation is 3. The molecule has 7 heteroatoms. The lowest BCUT2D eigenvalue weighted by Gasteiger charge is -2.07. The molecule has 2 aromatic heterocycles. The molecule has 1 amide bonds. The molecule has 1 aromatic carbocycles. The summed E-state index contributed by atoms with van der Waals surface area (Å²) in [6.07, 6.45) is 2.01. The molecule has 0 unspecified atom stereocenters. The average molecular weight is 375 g/mol. The number of aromatic nitrogens is 3. The molecule has 1 N–H and O–H groups in total. The maximum absolute atomic E-state index is 12.3. The summed E-state index contributed by atoms with van der Waals surface area (Å²) in [5.74, 6) is -0.0953. The van der Waals surface area contributed by atoms with Crippen molar-refractivity contribution in [1.82, 2.24) is 14.8 Å². The summed E-state index contributed by atoms with van der Waals surface area (Å²) >= 11 is 7.69. The molecular formula is C18H19ClN4OS. The highest BCUT2D eigenvalue weighted by molar-refractivity contribution is 7.15. The average Bonchev–Trinajstić information content (AvgIpc) is 3.08. The minimum atomic E-state index is -0.0953. The van der Waals surface area contributed by atoms with E-state index in [1.807, 2.05) is 50.6 Å². The van der Waals surface area contributed by atoms with Crippen molar-refractivity contribution in [3.05, 3.63) is 56.8 Å². The largest absolute Gasteiger partial charge is 0.302 e. The van der Waals surface area contributed by atoms with Gasteiger partial charge in [-0.15, -0.1) is 11.3 Å². The van der Waals surface area contributed by atoms with E-state index >= 15 is 0 Å². The smallest absolute Gasteiger partial charge is 0.230 e. The van der Waals surface area contributed by atoms with Crippen LogP contribution in [0.5, 0.6) is 0 Å². The summed E-state index contributed by atoms with van der Waals surface area (Å²) < 4.78 is 1.83. The van der Waals surface area contributed by atoms with Crippen LogP contribution in [0, 0.1) is 27.7 Å². The lowest BCUT2D eigenvalue weighted by atomic mass is 10.1. The Labute approximate surface area is 155 Å². The molecule has 0 bridgehead atoms. The fourth-order valence-corrected chi connectivity index (χ4v) is 3.49. The molecule has 0 spiro atoms. The van der Waals surface area contributed by atoms with Gasteiger partial charge in [0, 0.05) is 27.4 Å². The van der Waals surface area contributed by atoms with Crippen LogP contribution in [0.3, 0.4) is 0 Å². The Bertz CT molecular complexity index is 945. The fourth-order valence-electron chi connectivity index (χ4n) is 2.63. The number of amides is 1. The first-order valence-corrected chi connectivity index (χ1v) is 9.08. The summed E-state index contributed by atoms with van der Waals surface area (Å²) in [4.78, 5) is 17.6. The number of carbonyl (C=O) groups is 1. The Morgan fingerprint density at radius 2 is 2.04 bits per heavy atom. The lowest BCUT2D eigenvalue weighted by molar-refractivity contribution is -0.115. The van der Waals surface area contributed by atoms with E-state index in [-0.39, 0.29) is 12.3 Å². The quantitative estimate of drug-likeness (QED) is 0.736. The van der Waals surface area contributed by atoms with E-state index in [4.69, 9.17) is 11.6 Å². The van der Waals surface area contributed by atoms with Gasteiger partial charge in [-0.3, -0.25) is 4.79 Å². The van der Waals surface area contributed by atoms with Crippen LogP contribution in [0.2, 0.25) is 5.02 Å². The van der Waals surface area contributed by atoms with Gasteiger partial charge in [-0.25, -0.2) is 9.67 Å². The van der Waals surface area contributed by atoms with Crippen molar-refractivity contribution >= 4 is 34.0 Å². The molecule has 0 saturated heterocycles. The van der Waals surface area contributed by atoms with Crippen LogP contribution in [-0.2, 0) is 11.2 Å². The second kappa shape index (κ2) is 6.98. The Morgan fingerprint density at radius 3 is 2.68 bits per heavy atom.